The van der Waals surface area contributed by atoms with E-state index in [-0.39, 0.29) is 5.91 Å². The lowest BCUT2D eigenvalue weighted by Gasteiger charge is -1.98. The first-order valence-corrected chi connectivity index (χ1v) is 4.48. The fourth-order valence-corrected chi connectivity index (χ4v) is 1.18. The van der Waals surface area contributed by atoms with Crippen LogP contribution in [0.2, 0.25) is 0 Å². The molecule has 0 unspecified atom stereocenters. The topological polar surface area (TPSA) is 70.9 Å². The Morgan fingerprint density at radius 1 is 1.69 bits per heavy atom. The van der Waals surface area contributed by atoms with Crippen LogP contribution in [0.5, 0.6) is 0 Å². The van der Waals surface area contributed by atoms with E-state index in [1.165, 1.54) is 0 Å². The number of hydrogen-bond acceptors (Lipinski definition) is 2. The zero-order valence-electron chi connectivity index (χ0n) is 7.34. The summed E-state index contributed by atoms with van der Waals surface area (Å²) in [4.78, 5) is 14.3. The van der Waals surface area contributed by atoms with Crippen molar-refractivity contribution in [3.8, 4) is 0 Å². The Labute approximate surface area is 76.5 Å². The van der Waals surface area contributed by atoms with Crippen LogP contribution in [0.3, 0.4) is 0 Å². The highest BCUT2D eigenvalue weighted by Crippen LogP contribution is 2.19. The summed E-state index contributed by atoms with van der Waals surface area (Å²) in [6.45, 7) is 0.465. The van der Waals surface area contributed by atoms with Crippen molar-refractivity contribution in [1.29, 1.82) is 0 Å². The van der Waals surface area contributed by atoms with Crippen LogP contribution in [0.25, 0.3) is 0 Å². The molecule has 0 aliphatic heterocycles. The molecule has 1 aromatic heterocycles. The highest BCUT2D eigenvalue weighted by Gasteiger charge is 2.24. The lowest BCUT2D eigenvalue weighted by Crippen LogP contribution is -2.25. The summed E-state index contributed by atoms with van der Waals surface area (Å²) in [7, 11) is 0. The van der Waals surface area contributed by atoms with E-state index in [9.17, 15) is 4.79 Å². The maximum absolute atomic E-state index is 11.4. The minimum Gasteiger partial charge on any atom is -0.357 e. The third-order valence-electron chi connectivity index (χ3n) is 2.14. The van der Waals surface area contributed by atoms with Gasteiger partial charge in [-0.2, -0.15) is 0 Å². The van der Waals surface area contributed by atoms with Gasteiger partial charge >= 0.3 is 0 Å². The SMILES string of the molecule is NCc1c[nH]c(C(=O)NC2CC2)c1. The number of rotatable bonds is 3. The van der Waals surface area contributed by atoms with Crippen molar-refractivity contribution in [2.45, 2.75) is 25.4 Å². The fraction of sp³-hybridized carbons (Fsp3) is 0.444. The first-order valence-electron chi connectivity index (χ1n) is 4.48. The summed E-state index contributed by atoms with van der Waals surface area (Å²) in [5.41, 5.74) is 6.99. The van der Waals surface area contributed by atoms with Crippen LogP contribution in [0.15, 0.2) is 12.3 Å². The summed E-state index contributed by atoms with van der Waals surface area (Å²) in [6, 6.07) is 2.19. The Kier molecular flexibility index (Phi) is 2.06. The molecule has 0 aromatic carbocycles. The first-order chi connectivity index (χ1) is 6.29. The molecular formula is C9H13N3O. The summed E-state index contributed by atoms with van der Waals surface area (Å²) >= 11 is 0. The second kappa shape index (κ2) is 3.22. The normalized spacial score (nSPS) is 15.8. The monoisotopic (exact) mass is 179 g/mol. The molecule has 4 nitrogen and oxygen atoms in total. The number of aromatic amines is 1. The molecule has 1 aromatic rings. The van der Waals surface area contributed by atoms with Crippen LogP contribution >= 0.6 is 0 Å². The molecule has 4 N–H and O–H groups in total. The molecule has 70 valence electrons. The van der Waals surface area contributed by atoms with E-state index in [2.05, 4.69) is 10.3 Å². The van der Waals surface area contributed by atoms with Gasteiger partial charge in [0.15, 0.2) is 0 Å². The lowest BCUT2D eigenvalue weighted by atomic mass is 10.3. The fourth-order valence-electron chi connectivity index (χ4n) is 1.18. The minimum atomic E-state index is -0.0257. The van der Waals surface area contributed by atoms with Gasteiger partial charge in [0.05, 0.1) is 0 Å². The summed E-state index contributed by atoms with van der Waals surface area (Å²) < 4.78 is 0. The second-order valence-electron chi connectivity index (χ2n) is 3.37. The molecule has 1 aliphatic rings. The van der Waals surface area contributed by atoms with Crippen molar-refractivity contribution in [2.75, 3.05) is 0 Å². The molecule has 0 spiro atoms. The van der Waals surface area contributed by atoms with Crippen LogP contribution in [0.4, 0.5) is 0 Å². The van der Waals surface area contributed by atoms with Gasteiger partial charge in [0.25, 0.3) is 5.91 Å². The smallest absolute Gasteiger partial charge is 0.267 e. The van der Waals surface area contributed by atoms with Crippen LogP contribution in [0, 0.1) is 0 Å². The molecule has 1 saturated carbocycles. The van der Waals surface area contributed by atoms with E-state index in [4.69, 9.17) is 5.73 Å². The molecule has 13 heavy (non-hydrogen) atoms. The summed E-state index contributed by atoms with van der Waals surface area (Å²) in [5, 5.41) is 2.90. The number of nitrogens with two attached hydrogens (primary N) is 1. The van der Waals surface area contributed by atoms with Gasteiger partial charge in [-0.1, -0.05) is 0 Å². The molecule has 0 radical (unpaired) electrons. The van der Waals surface area contributed by atoms with E-state index < -0.39 is 0 Å². The Balaban J connectivity index is 2.01. The first kappa shape index (κ1) is 8.31. The zero-order valence-corrected chi connectivity index (χ0v) is 7.34. The van der Waals surface area contributed by atoms with Crippen molar-refractivity contribution in [2.24, 2.45) is 5.73 Å². The third-order valence-corrected chi connectivity index (χ3v) is 2.14. The van der Waals surface area contributed by atoms with Gasteiger partial charge in [0.2, 0.25) is 0 Å². The predicted molar refractivity (Wildman–Crippen MR) is 49.2 cm³/mol. The maximum atomic E-state index is 11.4. The average molecular weight is 179 g/mol. The van der Waals surface area contributed by atoms with Crippen molar-refractivity contribution in [3.05, 3.63) is 23.5 Å². The zero-order chi connectivity index (χ0) is 9.26. The van der Waals surface area contributed by atoms with E-state index in [0.29, 0.717) is 18.3 Å². The maximum Gasteiger partial charge on any atom is 0.267 e. The standard InChI is InChI=1S/C9H13N3O/c10-4-6-3-8(11-5-6)9(13)12-7-1-2-7/h3,5,7,11H,1-2,4,10H2,(H,12,13). The Morgan fingerprint density at radius 3 is 3.00 bits per heavy atom. The van der Waals surface area contributed by atoms with Gasteiger partial charge in [0, 0.05) is 18.8 Å². The highest BCUT2D eigenvalue weighted by molar-refractivity contribution is 5.93. The van der Waals surface area contributed by atoms with Gasteiger partial charge in [-0.05, 0) is 24.5 Å². The third kappa shape index (κ3) is 1.89. The Bertz CT molecular complexity index is 314. The molecule has 0 bridgehead atoms. The van der Waals surface area contributed by atoms with Crippen molar-refractivity contribution in [1.82, 2.24) is 10.3 Å². The van der Waals surface area contributed by atoms with Crippen LogP contribution in [0.1, 0.15) is 28.9 Å². The van der Waals surface area contributed by atoms with Gasteiger partial charge < -0.3 is 16.0 Å². The Morgan fingerprint density at radius 2 is 2.46 bits per heavy atom. The van der Waals surface area contributed by atoms with Crippen LogP contribution < -0.4 is 11.1 Å². The number of carbonyl (C=O) groups is 1. The van der Waals surface area contributed by atoms with E-state index in [1.54, 1.807) is 12.3 Å². The molecule has 1 amide bonds. The molecular weight excluding hydrogens is 166 g/mol. The number of hydrogen-bond donors (Lipinski definition) is 3. The predicted octanol–water partition coefficient (Wildman–Crippen LogP) is 0.366. The number of aromatic nitrogens is 1. The second-order valence-corrected chi connectivity index (χ2v) is 3.37. The van der Waals surface area contributed by atoms with Crippen molar-refractivity contribution < 1.29 is 4.79 Å². The van der Waals surface area contributed by atoms with E-state index in [0.717, 1.165) is 18.4 Å². The summed E-state index contributed by atoms with van der Waals surface area (Å²) in [5.74, 6) is -0.0257. The van der Waals surface area contributed by atoms with E-state index >= 15 is 0 Å². The largest absolute Gasteiger partial charge is 0.357 e. The molecule has 0 atom stereocenters. The van der Waals surface area contributed by atoms with Gasteiger partial charge in [-0.3, -0.25) is 4.79 Å². The van der Waals surface area contributed by atoms with Gasteiger partial charge in [-0.15, -0.1) is 0 Å². The molecule has 1 heterocycles. The molecule has 1 fully saturated rings. The number of amides is 1. The van der Waals surface area contributed by atoms with Gasteiger partial charge in [-0.25, -0.2) is 0 Å². The average Bonchev–Trinajstić information content (AvgIpc) is 2.82. The molecule has 4 heteroatoms. The number of H-pyrrole nitrogens is 1. The quantitative estimate of drug-likeness (QED) is 0.627. The molecule has 2 rings (SSSR count). The lowest BCUT2D eigenvalue weighted by molar-refractivity contribution is 0.0946. The van der Waals surface area contributed by atoms with Crippen LogP contribution in [-0.4, -0.2) is 16.9 Å². The molecule has 1 aliphatic carbocycles. The van der Waals surface area contributed by atoms with Crippen LogP contribution in [-0.2, 0) is 6.54 Å². The van der Waals surface area contributed by atoms with Crippen molar-refractivity contribution in [3.63, 3.8) is 0 Å². The minimum absolute atomic E-state index is 0.0257. The Hall–Kier alpha value is -1.29. The van der Waals surface area contributed by atoms with Crippen molar-refractivity contribution >= 4 is 5.91 Å². The van der Waals surface area contributed by atoms with E-state index in [1.807, 2.05) is 0 Å². The highest BCUT2D eigenvalue weighted by atomic mass is 16.2. The number of carbonyl (C=O) groups excluding carboxylic acids is 1. The van der Waals surface area contributed by atoms with Gasteiger partial charge in [0.1, 0.15) is 5.69 Å². The number of nitrogens with one attached hydrogen (secondary N) is 2. The molecule has 0 saturated heterocycles. The summed E-state index contributed by atoms with van der Waals surface area (Å²) in [6.07, 6.45) is 3.98.